The second kappa shape index (κ2) is 6.41. The molecule has 0 aliphatic heterocycles. The van der Waals surface area contributed by atoms with Crippen molar-refractivity contribution < 1.29 is 5.11 Å². The third-order valence-electron chi connectivity index (χ3n) is 3.09. The fraction of sp³-hybridized carbons (Fsp3) is 1.00. The van der Waals surface area contributed by atoms with Gasteiger partial charge in [-0.2, -0.15) is 0 Å². The van der Waals surface area contributed by atoms with Crippen molar-refractivity contribution in [3.05, 3.63) is 0 Å². The molecule has 0 spiro atoms. The van der Waals surface area contributed by atoms with Crippen molar-refractivity contribution in [1.82, 2.24) is 5.32 Å². The van der Waals surface area contributed by atoms with Crippen molar-refractivity contribution in [2.75, 3.05) is 6.54 Å². The van der Waals surface area contributed by atoms with Crippen LogP contribution in [-0.2, 0) is 0 Å². The minimum Gasteiger partial charge on any atom is -0.392 e. The van der Waals surface area contributed by atoms with Gasteiger partial charge in [0.2, 0.25) is 0 Å². The van der Waals surface area contributed by atoms with Crippen molar-refractivity contribution in [2.24, 2.45) is 5.92 Å². The Labute approximate surface area is 88.1 Å². The molecule has 2 atom stereocenters. The monoisotopic (exact) mass is 199 g/mol. The quantitative estimate of drug-likeness (QED) is 0.666. The average Bonchev–Trinajstić information content (AvgIpc) is 2.15. The number of hydrogen-bond donors (Lipinski definition) is 2. The fourth-order valence-electron chi connectivity index (χ4n) is 2.15. The Balaban J connectivity index is 2.04. The van der Waals surface area contributed by atoms with Crippen LogP contribution in [0.25, 0.3) is 0 Å². The van der Waals surface area contributed by atoms with Crippen molar-refractivity contribution in [1.29, 1.82) is 0 Å². The lowest BCUT2D eigenvalue weighted by molar-refractivity contribution is 0.0908. The van der Waals surface area contributed by atoms with Gasteiger partial charge in [-0.3, -0.25) is 0 Å². The number of hydrogen-bond acceptors (Lipinski definition) is 2. The van der Waals surface area contributed by atoms with E-state index in [4.69, 9.17) is 0 Å². The molecule has 2 heteroatoms. The number of aliphatic hydroxyl groups is 1. The first-order valence-electron chi connectivity index (χ1n) is 6.11. The molecule has 1 saturated carbocycles. The van der Waals surface area contributed by atoms with Crippen LogP contribution in [0, 0.1) is 5.92 Å². The molecule has 0 aromatic carbocycles. The first-order chi connectivity index (χ1) is 6.70. The van der Waals surface area contributed by atoms with E-state index in [1.165, 1.54) is 25.7 Å². The molecule has 0 aromatic rings. The molecule has 0 saturated heterocycles. The van der Waals surface area contributed by atoms with Gasteiger partial charge in [-0.25, -0.2) is 0 Å². The summed E-state index contributed by atoms with van der Waals surface area (Å²) in [7, 11) is 0. The maximum absolute atomic E-state index is 9.71. The molecular formula is C12H25NO. The summed E-state index contributed by atoms with van der Waals surface area (Å²) in [5.41, 5.74) is 0. The molecule has 0 unspecified atom stereocenters. The zero-order valence-electron chi connectivity index (χ0n) is 9.63. The van der Waals surface area contributed by atoms with E-state index < -0.39 is 0 Å². The van der Waals surface area contributed by atoms with Gasteiger partial charge in [0.05, 0.1) is 6.10 Å². The van der Waals surface area contributed by atoms with E-state index in [2.05, 4.69) is 19.2 Å². The van der Waals surface area contributed by atoms with E-state index in [-0.39, 0.29) is 6.10 Å². The Morgan fingerprint density at radius 1 is 1.29 bits per heavy atom. The Morgan fingerprint density at radius 2 is 2.00 bits per heavy atom. The van der Waals surface area contributed by atoms with Crippen molar-refractivity contribution in [2.45, 2.75) is 64.5 Å². The number of nitrogens with one attached hydrogen (secondary N) is 1. The normalized spacial score (nSPS) is 28.3. The SMILES string of the molecule is CC(C)CCCN[C@H]1CCCC[C@@H]1O. The molecule has 2 N–H and O–H groups in total. The molecule has 1 fully saturated rings. The van der Waals surface area contributed by atoms with Crippen LogP contribution in [0.5, 0.6) is 0 Å². The van der Waals surface area contributed by atoms with Gasteiger partial charge in [0.1, 0.15) is 0 Å². The fourth-order valence-corrected chi connectivity index (χ4v) is 2.15. The summed E-state index contributed by atoms with van der Waals surface area (Å²) in [5.74, 6) is 0.799. The van der Waals surface area contributed by atoms with Crippen LogP contribution in [-0.4, -0.2) is 23.8 Å². The van der Waals surface area contributed by atoms with Crippen molar-refractivity contribution in [3.63, 3.8) is 0 Å². The van der Waals surface area contributed by atoms with Crippen LogP contribution >= 0.6 is 0 Å². The highest BCUT2D eigenvalue weighted by Crippen LogP contribution is 2.18. The standard InChI is InChI=1S/C12H25NO/c1-10(2)6-5-9-13-11-7-3-4-8-12(11)14/h10-14H,3-9H2,1-2H3/t11-,12-/m0/s1. The van der Waals surface area contributed by atoms with Gasteiger partial charge in [0, 0.05) is 6.04 Å². The lowest BCUT2D eigenvalue weighted by Crippen LogP contribution is -2.42. The first-order valence-corrected chi connectivity index (χ1v) is 6.11. The number of rotatable bonds is 5. The van der Waals surface area contributed by atoms with Gasteiger partial charge in [-0.1, -0.05) is 26.7 Å². The minimum atomic E-state index is -0.0946. The smallest absolute Gasteiger partial charge is 0.0693 e. The summed E-state index contributed by atoms with van der Waals surface area (Å²) in [6.45, 7) is 5.59. The summed E-state index contributed by atoms with van der Waals surface area (Å²) < 4.78 is 0. The number of aliphatic hydroxyl groups excluding tert-OH is 1. The first kappa shape index (κ1) is 12.0. The highest BCUT2D eigenvalue weighted by molar-refractivity contribution is 4.80. The molecule has 0 aromatic heterocycles. The highest BCUT2D eigenvalue weighted by Gasteiger charge is 2.21. The van der Waals surface area contributed by atoms with Crippen LogP contribution in [0.2, 0.25) is 0 Å². The zero-order valence-corrected chi connectivity index (χ0v) is 9.63. The van der Waals surface area contributed by atoms with Crippen LogP contribution in [0.1, 0.15) is 52.4 Å². The third-order valence-corrected chi connectivity index (χ3v) is 3.09. The van der Waals surface area contributed by atoms with Crippen molar-refractivity contribution >= 4 is 0 Å². The molecule has 0 radical (unpaired) electrons. The largest absolute Gasteiger partial charge is 0.392 e. The van der Waals surface area contributed by atoms with E-state index >= 15 is 0 Å². The maximum Gasteiger partial charge on any atom is 0.0693 e. The van der Waals surface area contributed by atoms with Crippen LogP contribution in [0.3, 0.4) is 0 Å². The highest BCUT2D eigenvalue weighted by atomic mass is 16.3. The Morgan fingerprint density at radius 3 is 2.64 bits per heavy atom. The molecular weight excluding hydrogens is 174 g/mol. The Kier molecular flexibility index (Phi) is 5.49. The van der Waals surface area contributed by atoms with Gasteiger partial charge >= 0.3 is 0 Å². The molecule has 84 valence electrons. The van der Waals surface area contributed by atoms with Crippen LogP contribution in [0.4, 0.5) is 0 Å². The molecule has 0 bridgehead atoms. The van der Waals surface area contributed by atoms with Gasteiger partial charge in [0.15, 0.2) is 0 Å². The lowest BCUT2D eigenvalue weighted by atomic mass is 9.92. The predicted octanol–water partition coefficient (Wildman–Crippen LogP) is 2.32. The summed E-state index contributed by atoms with van der Waals surface area (Å²) >= 11 is 0. The predicted molar refractivity (Wildman–Crippen MR) is 60.3 cm³/mol. The lowest BCUT2D eigenvalue weighted by Gasteiger charge is -2.28. The van der Waals surface area contributed by atoms with Crippen LogP contribution in [0.15, 0.2) is 0 Å². The average molecular weight is 199 g/mol. The molecule has 1 aliphatic rings. The molecule has 0 heterocycles. The molecule has 1 aliphatic carbocycles. The molecule has 0 amide bonds. The molecule has 2 nitrogen and oxygen atoms in total. The topological polar surface area (TPSA) is 32.3 Å². The molecule has 14 heavy (non-hydrogen) atoms. The van der Waals surface area contributed by atoms with Gasteiger partial charge in [-0.05, 0) is 38.1 Å². The molecule has 1 rings (SSSR count). The second-order valence-corrected chi connectivity index (χ2v) is 4.95. The Hall–Kier alpha value is -0.0800. The van der Waals surface area contributed by atoms with Gasteiger partial charge < -0.3 is 10.4 Å². The maximum atomic E-state index is 9.71. The Bertz CT molecular complexity index is 147. The van der Waals surface area contributed by atoms with E-state index in [9.17, 15) is 5.11 Å². The van der Waals surface area contributed by atoms with Crippen molar-refractivity contribution in [3.8, 4) is 0 Å². The summed E-state index contributed by atoms with van der Waals surface area (Å²) in [6.07, 6.45) is 7.05. The minimum absolute atomic E-state index is 0.0946. The second-order valence-electron chi connectivity index (χ2n) is 4.95. The van der Waals surface area contributed by atoms with E-state index in [1.54, 1.807) is 0 Å². The summed E-state index contributed by atoms with van der Waals surface area (Å²) in [4.78, 5) is 0. The van der Waals surface area contributed by atoms with E-state index in [0.29, 0.717) is 6.04 Å². The van der Waals surface area contributed by atoms with E-state index in [1.807, 2.05) is 0 Å². The summed E-state index contributed by atoms with van der Waals surface area (Å²) in [5, 5.41) is 13.2. The van der Waals surface area contributed by atoms with E-state index in [0.717, 1.165) is 25.3 Å². The van der Waals surface area contributed by atoms with Crippen LogP contribution < -0.4 is 5.32 Å². The van der Waals surface area contributed by atoms with Gasteiger partial charge in [-0.15, -0.1) is 0 Å². The zero-order chi connectivity index (χ0) is 10.4. The third kappa shape index (κ3) is 4.43. The summed E-state index contributed by atoms with van der Waals surface area (Å²) in [6, 6.07) is 0.371. The van der Waals surface area contributed by atoms with Gasteiger partial charge in [0.25, 0.3) is 0 Å².